The topological polar surface area (TPSA) is 73.3 Å². The molecular formula is C15H21N3O3. The predicted molar refractivity (Wildman–Crippen MR) is 76.9 cm³/mol. The van der Waals surface area contributed by atoms with Crippen molar-refractivity contribution in [1.82, 2.24) is 9.97 Å². The summed E-state index contributed by atoms with van der Waals surface area (Å²) in [5.41, 5.74) is 0.919. The summed E-state index contributed by atoms with van der Waals surface area (Å²) in [5, 5.41) is 3.43. The van der Waals surface area contributed by atoms with Gasteiger partial charge in [-0.25, -0.2) is 14.8 Å². The van der Waals surface area contributed by atoms with Crippen LogP contribution in [0.2, 0.25) is 0 Å². The normalized spacial score (nSPS) is 26.9. The monoisotopic (exact) mass is 291 g/mol. The molecule has 2 fully saturated rings. The Bertz CT molecular complexity index is 535. The van der Waals surface area contributed by atoms with Crippen LogP contribution in [0.25, 0.3) is 0 Å². The van der Waals surface area contributed by atoms with Crippen LogP contribution < -0.4 is 5.32 Å². The van der Waals surface area contributed by atoms with Crippen molar-refractivity contribution in [2.75, 3.05) is 19.5 Å². The van der Waals surface area contributed by atoms with E-state index >= 15 is 0 Å². The van der Waals surface area contributed by atoms with Gasteiger partial charge in [-0.05, 0) is 31.1 Å². The molecule has 2 bridgehead atoms. The zero-order chi connectivity index (χ0) is 14.8. The van der Waals surface area contributed by atoms with Gasteiger partial charge in [0, 0.05) is 19.3 Å². The predicted octanol–water partition coefficient (Wildman–Crippen LogP) is 2.01. The first kappa shape index (κ1) is 14.3. The zero-order valence-electron chi connectivity index (χ0n) is 12.5. The van der Waals surface area contributed by atoms with E-state index in [0.29, 0.717) is 23.2 Å². The third-order valence-corrected chi connectivity index (χ3v) is 4.61. The molecule has 0 aliphatic heterocycles. The number of esters is 1. The summed E-state index contributed by atoms with van der Waals surface area (Å²) in [6, 6.07) is 0.461. The molecule has 6 heteroatoms. The first-order valence-electron chi connectivity index (χ1n) is 7.41. The fraction of sp³-hybridized carbons (Fsp3) is 0.667. The van der Waals surface area contributed by atoms with Gasteiger partial charge in [0.25, 0.3) is 0 Å². The number of methoxy groups -OCH3 is 2. The standard InChI is InChI=1S/C15H21N3O3/c1-20-8-13-11(14(19)21-2)7-16-15(18-13)17-12-6-9-3-4-10(12)5-9/h7,9-10,12H,3-6,8H2,1-2H3,(H,16,17,18)/t9-,10+,12-/m1/s1. The van der Waals surface area contributed by atoms with Crippen LogP contribution >= 0.6 is 0 Å². The zero-order valence-corrected chi connectivity index (χ0v) is 12.5. The van der Waals surface area contributed by atoms with Crippen molar-refractivity contribution in [2.24, 2.45) is 11.8 Å². The van der Waals surface area contributed by atoms with E-state index in [4.69, 9.17) is 9.47 Å². The number of hydrogen-bond donors (Lipinski definition) is 1. The van der Waals surface area contributed by atoms with Crippen molar-refractivity contribution in [3.05, 3.63) is 17.5 Å². The van der Waals surface area contributed by atoms with Crippen molar-refractivity contribution < 1.29 is 14.3 Å². The summed E-state index contributed by atoms with van der Waals surface area (Å²) in [7, 11) is 2.92. The van der Waals surface area contributed by atoms with E-state index in [2.05, 4.69) is 15.3 Å². The maximum Gasteiger partial charge on any atom is 0.341 e. The third-order valence-electron chi connectivity index (χ3n) is 4.61. The highest BCUT2D eigenvalue weighted by molar-refractivity contribution is 5.90. The molecular weight excluding hydrogens is 270 g/mol. The van der Waals surface area contributed by atoms with Gasteiger partial charge in [-0.1, -0.05) is 6.42 Å². The fourth-order valence-electron chi connectivity index (χ4n) is 3.60. The van der Waals surface area contributed by atoms with Crippen LogP contribution in [0.3, 0.4) is 0 Å². The highest BCUT2D eigenvalue weighted by atomic mass is 16.5. The molecule has 1 aromatic heterocycles. The molecule has 0 amide bonds. The van der Waals surface area contributed by atoms with Crippen LogP contribution in [0, 0.1) is 11.8 Å². The molecule has 2 saturated carbocycles. The number of fused-ring (bicyclic) bond motifs is 2. The number of carbonyl (C=O) groups is 1. The number of rotatable bonds is 5. The minimum Gasteiger partial charge on any atom is -0.465 e. The molecule has 0 spiro atoms. The lowest BCUT2D eigenvalue weighted by Crippen LogP contribution is -2.27. The van der Waals surface area contributed by atoms with Gasteiger partial charge >= 0.3 is 5.97 Å². The molecule has 3 rings (SSSR count). The minimum atomic E-state index is -0.437. The SMILES string of the molecule is COCc1nc(N[C@@H]2C[C@@H]3CC[C@H]2C3)ncc1C(=O)OC. The Balaban J connectivity index is 1.76. The molecule has 2 aliphatic rings. The molecule has 0 saturated heterocycles. The van der Waals surface area contributed by atoms with E-state index in [-0.39, 0.29) is 6.61 Å². The first-order chi connectivity index (χ1) is 10.2. The average Bonchev–Trinajstić information content (AvgIpc) is 3.10. The lowest BCUT2D eigenvalue weighted by atomic mass is 9.95. The van der Waals surface area contributed by atoms with Crippen molar-refractivity contribution in [3.8, 4) is 0 Å². The third kappa shape index (κ3) is 2.85. The largest absolute Gasteiger partial charge is 0.465 e. The Hall–Kier alpha value is -1.69. The number of anilines is 1. The van der Waals surface area contributed by atoms with Crippen LogP contribution in [-0.2, 0) is 16.1 Å². The van der Waals surface area contributed by atoms with Gasteiger partial charge in [0.2, 0.25) is 5.95 Å². The minimum absolute atomic E-state index is 0.262. The van der Waals surface area contributed by atoms with Crippen LogP contribution in [-0.4, -0.2) is 36.2 Å². The van der Waals surface area contributed by atoms with Crippen molar-refractivity contribution in [2.45, 2.75) is 38.3 Å². The van der Waals surface area contributed by atoms with Crippen LogP contribution in [0.4, 0.5) is 5.95 Å². The van der Waals surface area contributed by atoms with Gasteiger partial charge in [0.15, 0.2) is 0 Å². The summed E-state index contributed by atoms with van der Waals surface area (Å²) in [4.78, 5) is 20.4. The summed E-state index contributed by atoms with van der Waals surface area (Å²) >= 11 is 0. The molecule has 1 N–H and O–H groups in total. The molecule has 1 aromatic rings. The van der Waals surface area contributed by atoms with E-state index in [9.17, 15) is 4.79 Å². The van der Waals surface area contributed by atoms with E-state index in [1.54, 1.807) is 7.11 Å². The molecule has 2 aliphatic carbocycles. The molecule has 21 heavy (non-hydrogen) atoms. The Kier molecular flexibility index (Phi) is 4.05. The number of nitrogens with zero attached hydrogens (tertiary/aromatic N) is 2. The van der Waals surface area contributed by atoms with Crippen molar-refractivity contribution in [3.63, 3.8) is 0 Å². The summed E-state index contributed by atoms with van der Waals surface area (Å²) in [6.45, 7) is 0.262. The summed E-state index contributed by atoms with van der Waals surface area (Å²) in [6.07, 6.45) is 6.70. The molecule has 3 atom stereocenters. The molecule has 0 unspecified atom stereocenters. The van der Waals surface area contributed by atoms with Gasteiger partial charge in [-0.3, -0.25) is 0 Å². The lowest BCUT2D eigenvalue weighted by molar-refractivity contribution is 0.0594. The molecule has 114 valence electrons. The lowest BCUT2D eigenvalue weighted by Gasteiger charge is -2.23. The van der Waals surface area contributed by atoms with Crippen LogP contribution in [0.1, 0.15) is 41.7 Å². The second-order valence-electron chi connectivity index (χ2n) is 5.90. The highest BCUT2D eigenvalue weighted by Gasteiger charge is 2.39. The van der Waals surface area contributed by atoms with Gasteiger partial charge in [-0.2, -0.15) is 0 Å². The van der Waals surface area contributed by atoms with Crippen LogP contribution in [0.5, 0.6) is 0 Å². The average molecular weight is 291 g/mol. The Labute approximate surface area is 124 Å². The molecule has 1 heterocycles. The van der Waals surface area contributed by atoms with Gasteiger partial charge in [0.1, 0.15) is 5.56 Å². The van der Waals surface area contributed by atoms with E-state index < -0.39 is 5.97 Å². The highest BCUT2D eigenvalue weighted by Crippen LogP contribution is 2.45. The Morgan fingerprint density at radius 1 is 1.38 bits per heavy atom. The maximum atomic E-state index is 11.7. The quantitative estimate of drug-likeness (QED) is 0.837. The number of aromatic nitrogens is 2. The smallest absolute Gasteiger partial charge is 0.341 e. The van der Waals surface area contributed by atoms with Crippen LogP contribution in [0.15, 0.2) is 6.20 Å². The van der Waals surface area contributed by atoms with E-state index in [1.807, 2.05) is 0 Å². The Morgan fingerprint density at radius 3 is 2.86 bits per heavy atom. The number of nitrogens with one attached hydrogen (secondary N) is 1. The second-order valence-corrected chi connectivity index (χ2v) is 5.90. The number of ether oxygens (including phenoxy) is 2. The van der Waals surface area contributed by atoms with E-state index in [0.717, 1.165) is 11.8 Å². The van der Waals surface area contributed by atoms with Crippen molar-refractivity contribution >= 4 is 11.9 Å². The first-order valence-corrected chi connectivity index (χ1v) is 7.41. The number of hydrogen-bond acceptors (Lipinski definition) is 6. The van der Waals surface area contributed by atoms with Gasteiger partial charge in [-0.15, -0.1) is 0 Å². The van der Waals surface area contributed by atoms with Gasteiger partial charge < -0.3 is 14.8 Å². The van der Waals surface area contributed by atoms with Crippen molar-refractivity contribution in [1.29, 1.82) is 0 Å². The Morgan fingerprint density at radius 2 is 2.24 bits per heavy atom. The van der Waals surface area contributed by atoms with Gasteiger partial charge in [0.05, 0.1) is 19.4 Å². The fourth-order valence-corrected chi connectivity index (χ4v) is 3.60. The summed E-state index contributed by atoms with van der Waals surface area (Å²) < 4.78 is 9.85. The molecule has 0 radical (unpaired) electrons. The number of carbonyl (C=O) groups excluding carboxylic acids is 1. The molecule has 0 aromatic carbocycles. The second kappa shape index (κ2) is 5.97. The molecule has 6 nitrogen and oxygen atoms in total. The maximum absolute atomic E-state index is 11.7. The summed E-state index contributed by atoms with van der Waals surface area (Å²) in [5.74, 6) is 1.74. The van der Waals surface area contributed by atoms with E-state index in [1.165, 1.54) is 39.0 Å².